The molecule has 0 heterocycles. The highest BCUT2D eigenvalue weighted by molar-refractivity contribution is 6.29. The van der Waals surface area contributed by atoms with Gasteiger partial charge in [-0.3, -0.25) is 4.79 Å². The maximum absolute atomic E-state index is 10.1. The number of halogens is 1. The molecule has 0 aromatic heterocycles. The van der Waals surface area contributed by atoms with Crippen molar-refractivity contribution in [3.63, 3.8) is 0 Å². The minimum absolute atomic E-state index is 0.280. The van der Waals surface area contributed by atoms with Crippen molar-refractivity contribution in [2.45, 2.75) is 38.5 Å². The first kappa shape index (κ1) is 11.5. The van der Waals surface area contributed by atoms with Crippen LogP contribution in [-0.4, -0.2) is 11.1 Å². The summed E-state index contributed by atoms with van der Waals surface area (Å²) in [4.78, 5) is 10.1. The Hall–Kier alpha value is -0.500. The Morgan fingerprint density at radius 2 is 1.67 bits per heavy atom. The van der Waals surface area contributed by atoms with Crippen LogP contribution in [0.25, 0.3) is 0 Å². The number of rotatable bonds is 7. The van der Waals surface area contributed by atoms with Crippen molar-refractivity contribution < 1.29 is 9.90 Å². The quantitative estimate of drug-likeness (QED) is 0.627. The second-order valence-corrected chi connectivity index (χ2v) is 3.36. The normalized spacial score (nSPS) is 9.75. The maximum atomic E-state index is 10.1. The molecule has 0 rings (SSSR count). The molecule has 0 amide bonds. The number of carboxylic acids is 1. The number of carboxylic acid groups (broad SMARTS) is 1. The standard InChI is InChI=1S/C9H15ClO2/c1-8(10)6-4-2-3-5-7-9(11)12/h1-7H2,(H,11,12). The Morgan fingerprint density at radius 1 is 1.17 bits per heavy atom. The zero-order valence-corrected chi connectivity index (χ0v) is 7.94. The predicted molar refractivity (Wildman–Crippen MR) is 50.3 cm³/mol. The summed E-state index contributed by atoms with van der Waals surface area (Å²) in [6.07, 6.45) is 4.91. The first-order chi connectivity index (χ1) is 5.63. The summed E-state index contributed by atoms with van der Waals surface area (Å²) in [7, 11) is 0. The van der Waals surface area contributed by atoms with Crippen molar-refractivity contribution in [2.75, 3.05) is 0 Å². The molecular formula is C9H15ClO2. The lowest BCUT2D eigenvalue weighted by atomic mass is 10.1. The van der Waals surface area contributed by atoms with Crippen LogP contribution in [0.2, 0.25) is 0 Å². The van der Waals surface area contributed by atoms with E-state index in [1.165, 1.54) is 0 Å². The minimum atomic E-state index is -0.711. The smallest absolute Gasteiger partial charge is 0.303 e. The molecule has 0 saturated heterocycles. The number of hydrogen-bond acceptors (Lipinski definition) is 1. The van der Waals surface area contributed by atoms with Crippen LogP contribution in [0.15, 0.2) is 11.6 Å². The lowest BCUT2D eigenvalue weighted by molar-refractivity contribution is -0.137. The zero-order chi connectivity index (χ0) is 9.40. The van der Waals surface area contributed by atoms with Gasteiger partial charge in [-0.05, 0) is 19.3 Å². The van der Waals surface area contributed by atoms with Crippen molar-refractivity contribution >= 4 is 17.6 Å². The van der Waals surface area contributed by atoms with Gasteiger partial charge in [-0.2, -0.15) is 0 Å². The highest BCUT2D eigenvalue weighted by Crippen LogP contribution is 2.11. The number of hydrogen-bond donors (Lipinski definition) is 1. The van der Waals surface area contributed by atoms with E-state index in [0.717, 1.165) is 32.1 Å². The van der Waals surface area contributed by atoms with Gasteiger partial charge >= 0.3 is 5.97 Å². The van der Waals surface area contributed by atoms with Gasteiger partial charge in [-0.15, -0.1) is 0 Å². The van der Waals surface area contributed by atoms with Crippen LogP contribution in [0.1, 0.15) is 38.5 Å². The van der Waals surface area contributed by atoms with Crippen LogP contribution >= 0.6 is 11.6 Å². The third kappa shape index (κ3) is 9.50. The lowest BCUT2D eigenvalue weighted by Gasteiger charge is -1.97. The van der Waals surface area contributed by atoms with Gasteiger partial charge in [0.25, 0.3) is 0 Å². The summed E-state index contributed by atoms with van der Waals surface area (Å²) in [5.41, 5.74) is 0. The van der Waals surface area contributed by atoms with Crippen molar-refractivity contribution in [2.24, 2.45) is 0 Å². The third-order valence-electron chi connectivity index (χ3n) is 1.59. The van der Waals surface area contributed by atoms with Gasteiger partial charge in [0.15, 0.2) is 0 Å². The molecule has 0 aliphatic heterocycles. The SMILES string of the molecule is C=C(Cl)CCCCCCC(=O)O. The molecular weight excluding hydrogens is 176 g/mol. The molecule has 0 saturated carbocycles. The number of allylic oxidation sites excluding steroid dienone is 1. The second-order valence-electron chi connectivity index (χ2n) is 2.83. The van der Waals surface area contributed by atoms with Crippen LogP contribution in [0.4, 0.5) is 0 Å². The van der Waals surface area contributed by atoms with Gasteiger partial charge in [0, 0.05) is 11.5 Å². The molecule has 0 unspecified atom stereocenters. The fourth-order valence-corrected chi connectivity index (χ4v) is 1.08. The average molecular weight is 191 g/mol. The summed E-state index contributed by atoms with van der Waals surface area (Å²) in [5, 5.41) is 9.01. The molecule has 1 N–H and O–H groups in total. The summed E-state index contributed by atoms with van der Waals surface area (Å²) >= 11 is 5.55. The van der Waals surface area contributed by atoms with Gasteiger partial charge in [-0.1, -0.05) is 31.0 Å². The van der Waals surface area contributed by atoms with E-state index >= 15 is 0 Å². The minimum Gasteiger partial charge on any atom is -0.481 e. The number of carbonyl (C=O) groups is 1. The third-order valence-corrected chi connectivity index (χ3v) is 1.78. The molecule has 0 aliphatic carbocycles. The molecule has 3 heteroatoms. The Balaban J connectivity index is 3.01. The van der Waals surface area contributed by atoms with Crippen LogP contribution in [-0.2, 0) is 4.79 Å². The van der Waals surface area contributed by atoms with E-state index in [4.69, 9.17) is 16.7 Å². The van der Waals surface area contributed by atoms with Crippen LogP contribution in [0.5, 0.6) is 0 Å². The van der Waals surface area contributed by atoms with E-state index in [9.17, 15) is 4.79 Å². The highest BCUT2D eigenvalue weighted by Gasteiger charge is 1.96. The Labute approximate surface area is 78.2 Å². The molecule has 0 aromatic rings. The topological polar surface area (TPSA) is 37.3 Å². The Morgan fingerprint density at radius 3 is 2.08 bits per heavy atom. The summed E-state index contributed by atoms with van der Waals surface area (Å²) in [6, 6.07) is 0. The summed E-state index contributed by atoms with van der Waals surface area (Å²) in [6.45, 7) is 3.57. The van der Waals surface area contributed by atoms with Crippen LogP contribution in [0.3, 0.4) is 0 Å². The van der Waals surface area contributed by atoms with Crippen molar-refractivity contribution in [3.8, 4) is 0 Å². The molecule has 2 nitrogen and oxygen atoms in total. The first-order valence-corrected chi connectivity index (χ1v) is 4.56. The molecule has 0 aliphatic rings. The van der Waals surface area contributed by atoms with Crippen LogP contribution < -0.4 is 0 Å². The van der Waals surface area contributed by atoms with Crippen molar-refractivity contribution in [1.82, 2.24) is 0 Å². The van der Waals surface area contributed by atoms with E-state index in [2.05, 4.69) is 6.58 Å². The monoisotopic (exact) mass is 190 g/mol. The van der Waals surface area contributed by atoms with Crippen molar-refractivity contribution in [1.29, 1.82) is 0 Å². The van der Waals surface area contributed by atoms with Gasteiger partial charge in [0.1, 0.15) is 0 Å². The first-order valence-electron chi connectivity index (χ1n) is 4.18. The largest absolute Gasteiger partial charge is 0.481 e. The van der Waals surface area contributed by atoms with E-state index in [1.807, 2.05) is 0 Å². The fourth-order valence-electron chi connectivity index (χ4n) is 0.947. The molecule has 0 fully saturated rings. The molecule has 0 bridgehead atoms. The van der Waals surface area contributed by atoms with Gasteiger partial charge in [0.05, 0.1) is 0 Å². The lowest BCUT2D eigenvalue weighted by Crippen LogP contribution is -1.93. The molecule has 0 aromatic carbocycles. The van der Waals surface area contributed by atoms with E-state index in [1.54, 1.807) is 0 Å². The molecule has 0 spiro atoms. The highest BCUT2D eigenvalue weighted by atomic mass is 35.5. The maximum Gasteiger partial charge on any atom is 0.303 e. The molecule has 12 heavy (non-hydrogen) atoms. The zero-order valence-electron chi connectivity index (χ0n) is 7.18. The fraction of sp³-hybridized carbons (Fsp3) is 0.667. The average Bonchev–Trinajstić information content (AvgIpc) is 1.95. The summed E-state index contributed by atoms with van der Waals surface area (Å²) in [5.74, 6) is -0.711. The predicted octanol–water partition coefficient (Wildman–Crippen LogP) is 3.16. The van der Waals surface area contributed by atoms with Crippen LogP contribution in [0, 0.1) is 0 Å². The van der Waals surface area contributed by atoms with Gasteiger partial charge in [0.2, 0.25) is 0 Å². The van der Waals surface area contributed by atoms with E-state index in [-0.39, 0.29) is 6.42 Å². The van der Waals surface area contributed by atoms with Gasteiger partial charge in [-0.25, -0.2) is 0 Å². The second kappa shape index (κ2) is 7.17. The number of unbranched alkanes of at least 4 members (excludes halogenated alkanes) is 3. The van der Waals surface area contributed by atoms with Crippen molar-refractivity contribution in [3.05, 3.63) is 11.6 Å². The molecule has 70 valence electrons. The number of aliphatic carboxylic acids is 1. The van der Waals surface area contributed by atoms with E-state index < -0.39 is 5.97 Å². The Bertz CT molecular complexity index is 137. The van der Waals surface area contributed by atoms with Gasteiger partial charge < -0.3 is 5.11 Å². The Kier molecular flexibility index (Phi) is 6.87. The summed E-state index contributed by atoms with van der Waals surface area (Å²) < 4.78 is 0. The molecule has 0 atom stereocenters. The van der Waals surface area contributed by atoms with E-state index in [0.29, 0.717) is 5.03 Å². The molecule has 0 radical (unpaired) electrons.